The minimum atomic E-state index is -0.500. The first-order valence-electron chi connectivity index (χ1n) is 8.07. The van der Waals surface area contributed by atoms with Crippen molar-refractivity contribution in [1.29, 1.82) is 0 Å². The molecular formula is C17H20N6OS2. The lowest BCUT2D eigenvalue weighted by Crippen LogP contribution is -2.41. The standard InChI is InChI=1S/C17H20N6OS2/c1-9-8-11(13-22-23-10(2)20-21-16(23)26-13)6-7-12(9)18-15(25)19-14(24)17(3,4)5/h6-8H,1-5H3,(H2,18,19,24,25). The van der Waals surface area contributed by atoms with Gasteiger partial charge in [0, 0.05) is 16.7 Å². The Balaban J connectivity index is 1.77. The molecule has 3 rings (SSSR count). The Bertz CT molecular complexity index is 999. The number of benzene rings is 1. The maximum Gasteiger partial charge on any atom is 0.234 e. The van der Waals surface area contributed by atoms with Crippen molar-refractivity contribution in [3.63, 3.8) is 0 Å². The summed E-state index contributed by atoms with van der Waals surface area (Å²) in [7, 11) is 0. The Morgan fingerprint density at radius 3 is 2.58 bits per heavy atom. The molecule has 0 aliphatic heterocycles. The normalized spacial score (nSPS) is 11.6. The van der Waals surface area contributed by atoms with Crippen molar-refractivity contribution < 1.29 is 4.79 Å². The van der Waals surface area contributed by atoms with Gasteiger partial charge in [0.2, 0.25) is 10.9 Å². The van der Waals surface area contributed by atoms with Crippen LogP contribution < -0.4 is 10.6 Å². The Morgan fingerprint density at radius 2 is 1.96 bits per heavy atom. The molecule has 0 radical (unpaired) electrons. The van der Waals surface area contributed by atoms with Gasteiger partial charge in [0.05, 0.1) is 0 Å². The summed E-state index contributed by atoms with van der Waals surface area (Å²) in [5, 5.41) is 19.6. The summed E-state index contributed by atoms with van der Waals surface area (Å²) < 4.78 is 1.73. The molecule has 2 heterocycles. The first kappa shape index (κ1) is 18.4. The van der Waals surface area contributed by atoms with E-state index in [4.69, 9.17) is 12.2 Å². The van der Waals surface area contributed by atoms with Crippen molar-refractivity contribution >= 4 is 45.2 Å². The number of carbonyl (C=O) groups is 1. The van der Waals surface area contributed by atoms with Crippen molar-refractivity contribution in [2.24, 2.45) is 5.41 Å². The summed E-state index contributed by atoms with van der Waals surface area (Å²) >= 11 is 6.73. The van der Waals surface area contributed by atoms with E-state index >= 15 is 0 Å². The number of hydrogen-bond acceptors (Lipinski definition) is 6. The fraction of sp³-hybridized carbons (Fsp3) is 0.353. The molecule has 2 aromatic heterocycles. The van der Waals surface area contributed by atoms with Gasteiger partial charge in [0.1, 0.15) is 5.01 Å². The Hall–Kier alpha value is -2.39. The largest absolute Gasteiger partial charge is 0.332 e. The predicted octanol–water partition coefficient (Wildman–Crippen LogP) is 3.33. The van der Waals surface area contributed by atoms with Gasteiger partial charge in [-0.25, -0.2) is 0 Å². The molecule has 26 heavy (non-hydrogen) atoms. The molecule has 0 atom stereocenters. The van der Waals surface area contributed by atoms with Crippen molar-refractivity contribution in [2.45, 2.75) is 34.6 Å². The van der Waals surface area contributed by atoms with E-state index in [1.54, 1.807) is 4.52 Å². The van der Waals surface area contributed by atoms with Crippen LogP contribution in [0, 0.1) is 19.3 Å². The molecule has 0 aliphatic rings. The fourth-order valence-corrected chi connectivity index (χ4v) is 3.30. The Labute approximate surface area is 160 Å². The minimum Gasteiger partial charge on any atom is -0.332 e. The summed E-state index contributed by atoms with van der Waals surface area (Å²) in [5.41, 5.74) is 2.33. The second kappa shape index (κ2) is 6.73. The van der Waals surface area contributed by atoms with E-state index in [2.05, 4.69) is 25.9 Å². The second-order valence-corrected chi connectivity index (χ2v) is 8.40. The van der Waals surface area contributed by atoms with Crippen molar-refractivity contribution in [3.8, 4) is 10.6 Å². The molecule has 7 nitrogen and oxygen atoms in total. The lowest BCUT2D eigenvalue weighted by molar-refractivity contribution is -0.126. The molecule has 3 aromatic rings. The smallest absolute Gasteiger partial charge is 0.234 e. The number of nitrogens with zero attached hydrogens (tertiary/aromatic N) is 4. The lowest BCUT2D eigenvalue weighted by atomic mass is 9.96. The second-order valence-electron chi connectivity index (χ2n) is 7.04. The number of aryl methyl sites for hydroxylation is 2. The van der Waals surface area contributed by atoms with Crippen LogP contribution in [0.1, 0.15) is 32.2 Å². The van der Waals surface area contributed by atoms with Crippen LogP contribution in [0.5, 0.6) is 0 Å². The molecule has 0 unspecified atom stereocenters. The number of nitrogens with one attached hydrogen (secondary N) is 2. The van der Waals surface area contributed by atoms with Gasteiger partial charge < -0.3 is 10.6 Å². The van der Waals surface area contributed by atoms with Gasteiger partial charge in [-0.3, -0.25) is 4.79 Å². The number of anilines is 1. The van der Waals surface area contributed by atoms with E-state index in [1.165, 1.54) is 11.3 Å². The van der Waals surface area contributed by atoms with Crippen LogP contribution in [0.25, 0.3) is 15.5 Å². The highest BCUT2D eigenvalue weighted by molar-refractivity contribution is 7.80. The zero-order valence-corrected chi connectivity index (χ0v) is 16.9. The highest BCUT2D eigenvalue weighted by Crippen LogP contribution is 2.28. The molecule has 0 aliphatic carbocycles. The molecule has 0 saturated carbocycles. The first-order chi connectivity index (χ1) is 12.1. The molecule has 2 N–H and O–H groups in total. The Kier molecular flexibility index (Phi) is 4.76. The Morgan fingerprint density at radius 1 is 1.23 bits per heavy atom. The first-order valence-corrected chi connectivity index (χ1v) is 9.30. The lowest BCUT2D eigenvalue weighted by Gasteiger charge is -2.19. The van der Waals surface area contributed by atoms with Gasteiger partial charge >= 0.3 is 0 Å². The van der Waals surface area contributed by atoms with Crippen LogP contribution in [-0.4, -0.2) is 30.8 Å². The van der Waals surface area contributed by atoms with Crippen LogP contribution in [0.4, 0.5) is 5.69 Å². The van der Waals surface area contributed by atoms with Gasteiger partial charge in [0.25, 0.3) is 0 Å². The van der Waals surface area contributed by atoms with E-state index in [0.29, 0.717) is 0 Å². The van der Waals surface area contributed by atoms with E-state index < -0.39 is 5.41 Å². The van der Waals surface area contributed by atoms with Crippen molar-refractivity contribution in [3.05, 3.63) is 29.6 Å². The van der Waals surface area contributed by atoms with Gasteiger partial charge in [-0.1, -0.05) is 32.1 Å². The summed E-state index contributed by atoms with van der Waals surface area (Å²) in [5.74, 6) is 0.636. The molecule has 0 spiro atoms. The van der Waals surface area contributed by atoms with Crippen LogP contribution in [0.15, 0.2) is 18.2 Å². The van der Waals surface area contributed by atoms with Crippen LogP contribution in [-0.2, 0) is 4.79 Å². The summed E-state index contributed by atoms with van der Waals surface area (Å²) in [4.78, 5) is 12.8. The third-order valence-corrected chi connectivity index (χ3v) is 4.93. The monoisotopic (exact) mass is 388 g/mol. The maximum absolute atomic E-state index is 12.0. The maximum atomic E-state index is 12.0. The highest BCUT2D eigenvalue weighted by Gasteiger charge is 2.22. The molecule has 136 valence electrons. The zero-order valence-electron chi connectivity index (χ0n) is 15.2. The molecule has 0 saturated heterocycles. The number of amides is 1. The SMILES string of the molecule is Cc1cc(-c2nn3c(C)nnc3s2)ccc1NC(=S)NC(=O)C(C)(C)C. The van der Waals surface area contributed by atoms with E-state index in [0.717, 1.165) is 32.6 Å². The summed E-state index contributed by atoms with van der Waals surface area (Å²) in [6.45, 7) is 9.37. The van der Waals surface area contributed by atoms with Crippen LogP contribution in [0.2, 0.25) is 0 Å². The van der Waals surface area contributed by atoms with Crippen molar-refractivity contribution in [1.82, 2.24) is 25.1 Å². The number of aromatic nitrogens is 4. The zero-order chi connectivity index (χ0) is 19.1. The molecule has 0 bridgehead atoms. The molecular weight excluding hydrogens is 368 g/mol. The third kappa shape index (κ3) is 3.73. The van der Waals surface area contributed by atoms with Crippen LogP contribution >= 0.6 is 23.6 Å². The number of thiocarbonyl (C=S) groups is 1. The fourth-order valence-electron chi connectivity index (χ4n) is 2.21. The molecule has 9 heteroatoms. The third-order valence-electron chi connectivity index (χ3n) is 3.78. The van der Waals surface area contributed by atoms with E-state index in [9.17, 15) is 4.79 Å². The van der Waals surface area contributed by atoms with Gasteiger partial charge in [-0.15, -0.1) is 10.2 Å². The molecule has 1 aromatic carbocycles. The molecule has 0 fully saturated rings. The summed E-state index contributed by atoms with van der Waals surface area (Å²) in [6, 6.07) is 5.91. The quantitative estimate of drug-likeness (QED) is 0.655. The van der Waals surface area contributed by atoms with Gasteiger partial charge in [0.15, 0.2) is 10.9 Å². The van der Waals surface area contributed by atoms with Gasteiger partial charge in [-0.2, -0.15) is 9.61 Å². The van der Waals surface area contributed by atoms with E-state index in [-0.39, 0.29) is 11.0 Å². The predicted molar refractivity (Wildman–Crippen MR) is 107 cm³/mol. The van der Waals surface area contributed by atoms with Gasteiger partial charge in [-0.05, 0) is 49.8 Å². The molecule has 1 amide bonds. The number of carbonyl (C=O) groups excluding carboxylic acids is 1. The minimum absolute atomic E-state index is 0.126. The highest BCUT2D eigenvalue weighted by atomic mass is 32.1. The number of fused-ring (bicyclic) bond motifs is 1. The number of hydrogen-bond donors (Lipinski definition) is 2. The van der Waals surface area contributed by atoms with Crippen molar-refractivity contribution in [2.75, 3.05) is 5.32 Å². The number of rotatable bonds is 2. The van der Waals surface area contributed by atoms with E-state index in [1.807, 2.05) is 52.8 Å². The summed E-state index contributed by atoms with van der Waals surface area (Å²) in [6.07, 6.45) is 0. The average molecular weight is 389 g/mol. The topological polar surface area (TPSA) is 84.2 Å². The average Bonchev–Trinajstić information content (AvgIpc) is 3.11. The van der Waals surface area contributed by atoms with Crippen LogP contribution in [0.3, 0.4) is 0 Å².